The average molecular weight is 266 g/mol. The van der Waals surface area contributed by atoms with Gasteiger partial charge < -0.3 is 5.32 Å². The lowest BCUT2D eigenvalue weighted by Crippen LogP contribution is -2.01. The molecule has 0 aliphatic carbocycles. The molecule has 0 amide bonds. The minimum atomic E-state index is 0.513. The first-order chi connectivity index (χ1) is 8.29. The van der Waals surface area contributed by atoms with Gasteiger partial charge in [0.15, 0.2) is 0 Å². The summed E-state index contributed by atoms with van der Waals surface area (Å²) in [4.78, 5) is 0. The summed E-state index contributed by atoms with van der Waals surface area (Å²) in [6.45, 7) is 0.745. The Bertz CT molecular complexity index is 497. The molecule has 1 N–H and O–H groups in total. The summed E-state index contributed by atoms with van der Waals surface area (Å²) < 4.78 is 0. The third kappa shape index (κ3) is 3.39. The summed E-state index contributed by atoms with van der Waals surface area (Å²) in [5.74, 6) is 0.513. The Hall–Kier alpha value is -1.18. The Morgan fingerprint density at radius 3 is 2.59 bits per heavy atom. The molecule has 3 heteroatoms. The SMILES string of the molecule is ClCc1ccccc1NCc1cccc(Cl)c1. The van der Waals surface area contributed by atoms with Crippen LogP contribution in [-0.2, 0) is 12.4 Å². The number of anilines is 1. The van der Waals surface area contributed by atoms with Crippen LogP contribution in [0.15, 0.2) is 48.5 Å². The third-order valence-corrected chi connectivity index (χ3v) is 3.06. The van der Waals surface area contributed by atoms with Gasteiger partial charge in [-0.3, -0.25) is 0 Å². The Kier molecular flexibility index (Phi) is 4.29. The van der Waals surface area contributed by atoms with E-state index in [0.29, 0.717) is 5.88 Å². The monoisotopic (exact) mass is 265 g/mol. The van der Waals surface area contributed by atoms with Gasteiger partial charge in [0.1, 0.15) is 0 Å². The van der Waals surface area contributed by atoms with Gasteiger partial charge in [0.25, 0.3) is 0 Å². The fourth-order valence-corrected chi connectivity index (χ4v) is 2.10. The lowest BCUT2D eigenvalue weighted by Gasteiger charge is -2.10. The van der Waals surface area contributed by atoms with Crippen molar-refractivity contribution in [3.63, 3.8) is 0 Å². The highest BCUT2D eigenvalue weighted by molar-refractivity contribution is 6.30. The van der Waals surface area contributed by atoms with Crippen LogP contribution >= 0.6 is 23.2 Å². The number of halogens is 2. The second-order valence-electron chi connectivity index (χ2n) is 3.77. The first-order valence-electron chi connectivity index (χ1n) is 5.42. The van der Waals surface area contributed by atoms with Crippen molar-refractivity contribution >= 4 is 28.9 Å². The number of alkyl halides is 1. The van der Waals surface area contributed by atoms with Crippen molar-refractivity contribution in [3.8, 4) is 0 Å². The molecule has 17 heavy (non-hydrogen) atoms. The van der Waals surface area contributed by atoms with Crippen LogP contribution in [0.5, 0.6) is 0 Å². The van der Waals surface area contributed by atoms with Crippen LogP contribution in [0.2, 0.25) is 5.02 Å². The molecule has 0 bridgehead atoms. The van der Waals surface area contributed by atoms with E-state index in [9.17, 15) is 0 Å². The lowest BCUT2D eigenvalue weighted by molar-refractivity contribution is 1.14. The average Bonchev–Trinajstić information content (AvgIpc) is 2.37. The van der Waals surface area contributed by atoms with E-state index in [-0.39, 0.29) is 0 Å². The van der Waals surface area contributed by atoms with Crippen molar-refractivity contribution in [1.82, 2.24) is 0 Å². The molecule has 88 valence electrons. The van der Waals surface area contributed by atoms with Crippen molar-refractivity contribution in [1.29, 1.82) is 0 Å². The second-order valence-corrected chi connectivity index (χ2v) is 4.48. The van der Waals surface area contributed by atoms with Crippen LogP contribution in [0.3, 0.4) is 0 Å². The summed E-state index contributed by atoms with van der Waals surface area (Å²) >= 11 is 11.8. The fraction of sp³-hybridized carbons (Fsp3) is 0.143. The summed E-state index contributed by atoms with van der Waals surface area (Å²) in [6, 6.07) is 15.9. The number of hydrogen-bond donors (Lipinski definition) is 1. The van der Waals surface area contributed by atoms with Crippen LogP contribution in [0.1, 0.15) is 11.1 Å². The van der Waals surface area contributed by atoms with E-state index in [2.05, 4.69) is 5.32 Å². The van der Waals surface area contributed by atoms with Gasteiger partial charge in [0, 0.05) is 23.1 Å². The minimum Gasteiger partial charge on any atom is -0.381 e. The van der Waals surface area contributed by atoms with Gasteiger partial charge in [-0.1, -0.05) is 41.9 Å². The van der Waals surface area contributed by atoms with E-state index >= 15 is 0 Å². The minimum absolute atomic E-state index is 0.513. The standard InChI is InChI=1S/C14H13Cl2N/c15-9-12-5-1-2-7-14(12)17-10-11-4-3-6-13(16)8-11/h1-8,17H,9-10H2. The number of hydrogen-bond acceptors (Lipinski definition) is 1. The van der Waals surface area contributed by atoms with Crippen molar-refractivity contribution in [2.24, 2.45) is 0 Å². The van der Waals surface area contributed by atoms with Crippen LogP contribution in [0, 0.1) is 0 Å². The van der Waals surface area contributed by atoms with Crippen LogP contribution in [0.25, 0.3) is 0 Å². The Balaban J connectivity index is 2.07. The van der Waals surface area contributed by atoms with Crippen molar-refractivity contribution in [2.45, 2.75) is 12.4 Å². The molecule has 0 atom stereocenters. The molecule has 1 nitrogen and oxygen atoms in total. The predicted octanol–water partition coefficient (Wildman–Crippen LogP) is 4.69. The van der Waals surface area contributed by atoms with Crippen molar-refractivity contribution in [3.05, 3.63) is 64.7 Å². The van der Waals surface area contributed by atoms with E-state index in [1.165, 1.54) is 0 Å². The maximum Gasteiger partial charge on any atom is 0.0494 e. The summed E-state index contributed by atoms with van der Waals surface area (Å²) in [7, 11) is 0. The van der Waals surface area contributed by atoms with Gasteiger partial charge in [0.05, 0.1) is 0 Å². The molecule has 0 radical (unpaired) electrons. The highest BCUT2D eigenvalue weighted by atomic mass is 35.5. The number of nitrogens with one attached hydrogen (secondary N) is 1. The summed E-state index contributed by atoms with van der Waals surface area (Å²) in [5.41, 5.74) is 3.33. The molecule has 2 aromatic rings. The highest BCUT2D eigenvalue weighted by Crippen LogP contribution is 2.18. The Morgan fingerprint density at radius 2 is 1.82 bits per heavy atom. The van der Waals surface area contributed by atoms with E-state index in [0.717, 1.165) is 28.4 Å². The molecule has 2 aromatic carbocycles. The van der Waals surface area contributed by atoms with Gasteiger partial charge in [-0.25, -0.2) is 0 Å². The fourth-order valence-electron chi connectivity index (χ4n) is 1.65. The molecule has 0 saturated heterocycles. The van der Waals surface area contributed by atoms with Crippen molar-refractivity contribution < 1.29 is 0 Å². The lowest BCUT2D eigenvalue weighted by atomic mass is 10.2. The molecule has 0 saturated carbocycles. The quantitative estimate of drug-likeness (QED) is 0.791. The molecule has 0 spiro atoms. The van der Waals surface area contributed by atoms with Gasteiger partial charge in [-0.15, -0.1) is 11.6 Å². The zero-order valence-electron chi connectivity index (χ0n) is 9.29. The zero-order valence-corrected chi connectivity index (χ0v) is 10.8. The Morgan fingerprint density at radius 1 is 1.00 bits per heavy atom. The van der Waals surface area contributed by atoms with E-state index < -0.39 is 0 Å². The van der Waals surface area contributed by atoms with Crippen LogP contribution < -0.4 is 5.32 Å². The van der Waals surface area contributed by atoms with Gasteiger partial charge in [0.2, 0.25) is 0 Å². The molecule has 2 rings (SSSR count). The second kappa shape index (κ2) is 5.95. The first kappa shape index (κ1) is 12.3. The molecule has 0 fully saturated rings. The molecular weight excluding hydrogens is 253 g/mol. The molecule has 0 unspecified atom stereocenters. The van der Waals surface area contributed by atoms with Gasteiger partial charge in [-0.05, 0) is 29.3 Å². The first-order valence-corrected chi connectivity index (χ1v) is 6.33. The number of benzene rings is 2. The smallest absolute Gasteiger partial charge is 0.0494 e. The number of rotatable bonds is 4. The highest BCUT2D eigenvalue weighted by Gasteiger charge is 2.00. The van der Waals surface area contributed by atoms with Crippen LogP contribution in [-0.4, -0.2) is 0 Å². The molecular formula is C14H13Cl2N. The van der Waals surface area contributed by atoms with Gasteiger partial charge >= 0.3 is 0 Å². The molecule has 0 heterocycles. The van der Waals surface area contributed by atoms with Crippen molar-refractivity contribution in [2.75, 3.05) is 5.32 Å². The van der Waals surface area contributed by atoms with Gasteiger partial charge in [-0.2, -0.15) is 0 Å². The normalized spacial score (nSPS) is 10.2. The molecule has 0 aromatic heterocycles. The largest absolute Gasteiger partial charge is 0.381 e. The summed E-state index contributed by atoms with van der Waals surface area (Å²) in [5, 5.41) is 4.12. The molecule has 0 aliphatic heterocycles. The molecule has 0 aliphatic rings. The maximum absolute atomic E-state index is 5.94. The topological polar surface area (TPSA) is 12.0 Å². The Labute approximate surface area is 111 Å². The number of para-hydroxylation sites is 1. The van der Waals surface area contributed by atoms with E-state index in [1.807, 2.05) is 48.5 Å². The third-order valence-electron chi connectivity index (χ3n) is 2.53. The zero-order chi connectivity index (χ0) is 12.1. The summed E-state index contributed by atoms with van der Waals surface area (Å²) in [6.07, 6.45) is 0. The van der Waals surface area contributed by atoms with E-state index in [1.54, 1.807) is 0 Å². The maximum atomic E-state index is 5.94. The predicted molar refractivity (Wildman–Crippen MR) is 74.8 cm³/mol. The van der Waals surface area contributed by atoms with E-state index in [4.69, 9.17) is 23.2 Å². The van der Waals surface area contributed by atoms with Crippen LogP contribution in [0.4, 0.5) is 5.69 Å².